The van der Waals surface area contributed by atoms with Gasteiger partial charge in [0.15, 0.2) is 0 Å². The Morgan fingerprint density at radius 1 is 1.12 bits per heavy atom. The Bertz CT molecular complexity index is 1040. The van der Waals surface area contributed by atoms with Crippen molar-refractivity contribution in [1.29, 1.82) is 5.26 Å². The number of thiophene rings is 1. The van der Waals surface area contributed by atoms with E-state index < -0.39 is 0 Å². The van der Waals surface area contributed by atoms with E-state index in [1.807, 2.05) is 18.2 Å². The van der Waals surface area contributed by atoms with Gasteiger partial charge in [0.2, 0.25) is 0 Å². The number of nitriles is 1. The first-order valence-corrected chi connectivity index (χ1v) is 9.87. The van der Waals surface area contributed by atoms with Crippen molar-refractivity contribution >= 4 is 45.8 Å². The fourth-order valence-electron chi connectivity index (χ4n) is 3.11. The predicted molar refractivity (Wildman–Crippen MR) is 107 cm³/mol. The van der Waals surface area contributed by atoms with Crippen molar-refractivity contribution in [1.82, 2.24) is 0 Å². The third-order valence-electron chi connectivity index (χ3n) is 4.40. The zero-order valence-corrected chi connectivity index (χ0v) is 16.1. The minimum Gasteiger partial charge on any atom is -0.455 e. The molecule has 26 heavy (non-hydrogen) atoms. The van der Waals surface area contributed by atoms with Crippen molar-refractivity contribution in [2.24, 2.45) is 4.99 Å². The standard InChI is InChI=1S/C20H14Cl2N2OS/c21-16-7-5-12(9-17(16)22)18-8-6-13(25-18)11-24-20-15(10-23)14-3-1-2-4-19(14)26-20/h5-9,11H,1-4H2. The molecule has 1 aromatic carbocycles. The number of furan rings is 1. The highest BCUT2D eigenvalue weighted by molar-refractivity contribution is 7.16. The van der Waals surface area contributed by atoms with E-state index in [1.165, 1.54) is 16.9 Å². The Balaban J connectivity index is 1.61. The second-order valence-corrected chi connectivity index (χ2v) is 7.99. The molecule has 130 valence electrons. The molecule has 2 aromatic heterocycles. The molecule has 3 aromatic rings. The van der Waals surface area contributed by atoms with Gasteiger partial charge in [-0.15, -0.1) is 11.3 Å². The summed E-state index contributed by atoms with van der Waals surface area (Å²) in [5, 5.41) is 11.3. The topological polar surface area (TPSA) is 49.3 Å². The molecule has 6 heteroatoms. The molecule has 0 saturated heterocycles. The molecule has 1 aliphatic rings. The number of benzene rings is 1. The van der Waals surface area contributed by atoms with Gasteiger partial charge >= 0.3 is 0 Å². The van der Waals surface area contributed by atoms with Gasteiger partial charge in [-0.3, -0.25) is 0 Å². The van der Waals surface area contributed by atoms with Gasteiger partial charge in [0.05, 0.1) is 21.8 Å². The van der Waals surface area contributed by atoms with E-state index in [4.69, 9.17) is 27.6 Å². The van der Waals surface area contributed by atoms with Crippen molar-refractivity contribution in [2.45, 2.75) is 25.7 Å². The number of hydrogen-bond donors (Lipinski definition) is 0. The van der Waals surface area contributed by atoms with Crippen molar-refractivity contribution in [3.63, 3.8) is 0 Å². The molecule has 2 heterocycles. The van der Waals surface area contributed by atoms with E-state index in [0.717, 1.165) is 35.4 Å². The minimum atomic E-state index is 0.485. The normalized spacial score (nSPS) is 13.7. The maximum atomic E-state index is 9.50. The molecule has 0 fully saturated rings. The number of fused-ring (bicyclic) bond motifs is 1. The smallest absolute Gasteiger partial charge is 0.145 e. The lowest BCUT2D eigenvalue weighted by Crippen LogP contribution is -1.99. The molecule has 0 atom stereocenters. The molecule has 0 N–H and O–H groups in total. The second kappa shape index (κ2) is 7.28. The summed E-state index contributed by atoms with van der Waals surface area (Å²) < 4.78 is 5.83. The Morgan fingerprint density at radius 3 is 2.77 bits per heavy atom. The third kappa shape index (κ3) is 3.31. The molecule has 4 rings (SSSR count). The van der Waals surface area contributed by atoms with Crippen LogP contribution in [0.15, 0.2) is 39.7 Å². The van der Waals surface area contributed by atoms with Gasteiger partial charge in [-0.25, -0.2) is 4.99 Å². The SMILES string of the molecule is N#Cc1c(N=Cc2ccc(-c3ccc(Cl)c(Cl)c3)o2)sc2c1CCCC2. The maximum absolute atomic E-state index is 9.50. The average Bonchev–Trinajstić information content (AvgIpc) is 3.26. The monoisotopic (exact) mass is 400 g/mol. The average molecular weight is 401 g/mol. The number of rotatable bonds is 3. The van der Waals surface area contributed by atoms with Crippen LogP contribution in [0, 0.1) is 11.3 Å². The number of aryl methyl sites for hydroxylation is 1. The van der Waals surface area contributed by atoms with E-state index in [1.54, 1.807) is 29.7 Å². The van der Waals surface area contributed by atoms with Crippen LogP contribution in [0.2, 0.25) is 10.0 Å². The van der Waals surface area contributed by atoms with Crippen LogP contribution in [0.4, 0.5) is 5.00 Å². The van der Waals surface area contributed by atoms with Crippen LogP contribution in [0.1, 0.15) is 34.6 Å². The summed E-state index contributed by atoms with van der Waals surface area (Å²) in [6, 6.07) is 11.4. The first-order valence-electron chi connectivity index (χ1n) is 8.29. The molecule has 0 aliphatic heterocycles. The van der Waals surface area contributed by atoms with Crippen molar-refractivity contribution in [3.05, 3.63) is 62.1 Å². The highest BCUT2D eigenvalue weighted by Crippen LogP contribution is 2.39. The molecule has 0 bridgehead atoms. The molecule has 0 spiro atoms. The first kappa shape index (κ1) is 17.4. The number of aliphatic imine (C=N–C) groups is 1. The van der Waals surface area contributed by atoms with Crippen LogP contribution in [0.5, 0.6) is 0 Å². The van der Waals surface area contributed by atoms with E-state index in [9.17, 15) is 5.26 Å². The van der Waals surface area contributed by atoms with Gasteiger partial charge in [0, 0.05) is 10.4 Å². The van der Waals surface area contributed by atoms with Crippen molar-refractivity contribution < 1.29 is 4.42 Å². The summed E-state index contributed by atoms with van der Waals surface area (Å²) in [5.41, 5.74) is 2.76. The lowest BCUT2D eigenvalue weighted by molar-refractivity contribution is 0.575. The van der Waals surface area contributed by atoms with Gasteiger partial charge in [-0.05, 0) is 61.6 Å². The minimum absolute atomic E-state index is 0.485. The highest BCUT2D eigenvalue weighted by atomic mass is 35.5. The summed E-state index contributed by atoms with van der Waals surface area (Å²) in [4.78, 5) is 5.82. The summed E-state index contributed by atoms with van der Waals surface area (Å²) >= 11 is 13.6. The van der Waals surface area contributed by atoms with E-state index in [-0.39, 0.29) is 0 Å². The van der Waals surface area contributed by atoms with E-state index >= 15 is 0 Å². The summed E-state index contributed by atoms with van der Waals surface area (Å²) in [5.74, 6) is 1.32. The second-order valence-electron chi connectivity index (χ2n) is 6.09. The Kier molecular flexibility index (Phi) is 4.86. The number of hydrogen-bond acceptors (Lipinski definition) is 4. The van der Waals surface area contributed by atoms with Crippen LogP contribution < -0.4 is 0 Å². The molecule has 1 aliphatic carbocycles. The molecule has 0 radical (unpaired) electrons. The fourth-order valence-corrected chi connectivity index (χ4v) is 4.59. The van der Waals surface area contributed by atoms with Crippen molar-refractivity contribution in [2.75, 3.05) is 0 Å². The number of nitrogens with zero attached hydrogens (tertiary/aromatic N) is 2. The Labute approximate surface area is 165 Å². The van der Waals surface area contributed by atoms with E-state index in [2.05, 4.69) is 11.1 Å². The van der Waals surface area contributed by atoms with Crippen LogP contribution in [0.3, 0.4) is 0 Å². The van der Waals surface area contributed by atoms with Gasteiger partial charge in [-0.2, -0.15) is 5.26 Å². The quantitative estimate of drug-likeness (QED) is 0.452. The summed E-state index contributed by atoms with van der Waals surface area (Å²) in [7, 11) is 0. The van der Waals surface area contributed by atoms with Gasteiger partial charge in [-0.1, -0.05) is 23.2 Å². The van der Waals surface area contributed by atoms with Gasteiger partial charge < -0.3 is 4.42 Å². The molecule has 0 unspecified atom stereocenters. The van der Waals surface area contributed by atoms with Crippen LogP contribution >= 0.6 is 34.5 Å². The van der Waals surface area contributed by atoms with Gasteiger partial charge in [0.1, 0.15) is 22.6 Å². The maximum Gasteiger partial charge on any atom is 0.145 e. The predicted octanol–water partition coefficient (Wildman–Crippen LogP) is 6.82. The van der Waals surface area contributed by atoms with E-state index in [0.29, 0.717) is 21.6 Å². The number of halogens is 2. The lowest BCUT2D eigenvalue weighted by Gasteiger charge is -2.09. The first-order chi connectivity index (χ1) is 12.7. The Hall–Kier alpha value is -2.06. The Morgan fingerprint density at radius 2 is 1.96 bits per heavy atom. The van der Waals surface area contributed by atoms with Crippen molar-refractivity contribution in [3.8, 4) is 17.4 Å². The summed E-state index contributed by atoms with van der Waals surface area (Å²) in [6.07, 6.45) is 6.03. The molecular formula is C20H14Cl2N2OS. The zero-order chi connectivity index (χ0) is 18.1. The molecule has 0 saturated carbocycles. The highest BCUT2D eigenvalue weighted by Gasteiger charge is 2.20. The van der Waals surface area contributed by atoms with Crippen LogP contribution in [-0.4, -0.2) is 6.21 Å². The van der Waals surface area contributed by atoms with Crippen LogP contribution in [-0.2, 0) is 12.8 Å². The lowest BCUT2D eigenvalue weighted by atomic mass is 9.96. The molecule has 0 amide bonds. The fraction of sp³-hybridized carbons (Fsp3) is 0.200. The third-order valence-corrected chi connectivity index (χ3v) is 6.34. The molecule has 3 nitrogen and oxygen atoms in total. The van der Waals surface area contributed by atoms with Gasteiger partial charge in [0.25, 0.3) is 0 Å². The largest absolute Gasteiger partial charge is 0.455 e. The zero-order valence-electron chi connectivity index (χ0n) is 13.8. The molecular weight excluding hydrogens is 387 g/mol. The van der Waals surface area contributed by atoms with Crippen LogP contribution in [0.25, 0.3) is 11.3 Å². The summed E-state index contributed by atoms with van der Waals surface area (Å²) in [6.45, 7) is 0.